The van der Waals surface area contributed by atoms with Gasteiger partial charge in [0.15, 0.2) is 5.13 Å². The number of nitrogens with one attached hydrogen (secondary N) is 2. The van der Waals surface area contributed by atoms with E-state index in [1.807, 2.05) is 25.3 Å². The fourth-order valence-corrected chi connectivity index (χ4v) is 2.10. The monoisotopic (exact) mass is 291 g/mol. The zero-order chi connectivity index (χ0) is 14.4. The first-order valence-corrected chi connectivity index (χ1v) is 7.19. The molecule has 0 fully saturated rings. The van der Waals surface area contributed by atoms with Crippen LogP contribution in [0.1, 0.15) is 22.5 Å². The number of nitrogen functional groups attached to an aromatic ring is 1. The predicted molar refractivity (Wildman–Crippen MR) is 80.9 cm³/mol. The van der Waals surface area contributed by atoms with Gasteiger partial charge in [-0.05, 0) is 25.0 Å². The van der Waals surface area contributed by atoms with Gasteiger partial charge in [0.1, 0.15) is 11.5 Å². The number of aromatic nitrogens is 2. The molecule has 0 saturated heterocycles. The first-order chi connectivity index (χ1) is 9.65. The minimum absolute atomic E-state index is 0.189. The van der Waals surface area contributed by atoms with E-state index in [1.54, 1.807) is 5.38 Å². The highest BCUT2D eigenvalue weighted by molar-refractivity contribution is 7.13. The summed E-state index contributed by atoms with van der Waals surface area (Å²) in [4.78, 5) is 19.8. The molecular weight excluding hydrogens is 274 g/mol. The van der Waals surface area contributed by atoms with Crippen LogP contribution >= 0.6 is 11.3 Å². The van der Waals surface area contributed by atoms with E-state index in [0.717, 1.165) is 24.3 Å². The van der Waals surface area contributed by atoms with Crippen molar-refractivity contribution in [1.82, 2.24) is 15.3 Å². The van der Waals surface area contributed by atoms with Crippen LogP contribution in [0.3, 0.4) is 0 Å². The molecular formula is C13H17N5OS. The number of carbonyl (C=O) groups is 1. The molecule has 6 nitrogen and oxygen atoms in total. The van der Waals surface area contributed by atoms with Gasteiger partial charge >= 0.3 is 0 Å². The van der Waals surface area contributed by atoms with Crippen LogP contribution in [-0.4, -0.2) is 29.0 Å². The zero-order valence-corrected chi connectivity index (χ0v) is 12.0. The van der Waals surface area contributed by atoms with Crippen molar-refractivity contribution in [2.24, 2.45) is 0 Å². The molecule has 2 rings (SSSR count). The minimum atomic E-state index is -0.189. The van der Waals surface area contributed by atoms with Crippen LogP contribution in [0.2, 0.25) is 0 Å². The molecule has 0 aliphatic carbocycles. The summed E-state index contributed by atoms with van der Waals surface area (Å²) in [5.41, 5.74) is 6.98. The van der Waals surface area contributed by atoms with Crippen LogP contribution < -0.4 is 16.4 Å². The van der Waals surface area contributed by atoms with Gasteiger partial charge in [0, 0.05) is 24.7 Å². The number of anilines is 2. The van der Waals surface area contributed by atoms with Crippen LogP contribution in [0.15, 0.2) is 23.7 Å². The lowest BCUT2D eigenvalue weighted by Gasteiger charge is -2.06. The fraction of sp³-hybridized carbons (Fsp3) is 0.308. The average molecular weight is 291 g/mol. The van der Waals surface area contributed by atoms with E-state index in [2.05, 4.69) is 20.6 Å². The maximum Gasteiger partial charge on any atom is 0.270 e. The highest BCUT2D eigenvalue weighted by atomic mass is 32.1. The number of nitrogens with two attached hydrogens (primary N) is 1. The molecule has 0 bridgehead atoms. The topological polar surface area (TPSA) is 92.9 Å². The van der Waals surface area contributed by atoms with Crippen molar-refractivity contribution in [2.45, 2.75) is 13.3 Å². The molecule has 0 saturated carbocycles. The van der Waals surface area contributed by atoms with Crippen LogP contribution in [0.5, 0.6) is 0 Å². The number of hydrogen-bond acceptors (Lipinski definition) is 6. The average Bonchev–Trinajstić information content (AvgIpc) is 2.87. The van der Waals surface area contributed by atoms with Crippen molar-refractivity contribution < 1.29 is 4.79 Å². The lowest BCUT2D eigenvalue weighted by Crippen LogP contribution is -2.26. The molecule has 2 aromatic rings. The number of amides is 1. The summed E-state index contributed by atoms with van der Waals surface area (Å²) >= 11 is 1.26. The van der Waals surface area contributed by atoms with Gasteiger partial charge in [-0.25, -0.2) is 9.97 Å². The van der Waals surface area contributed by atoms with Gasteiger partial charge in [-0.1, -0.05) is 6.07 Å². The number of rotatable bonds is 6. The van der Waals surface area contributed by atoms with Gasteiger partial charge in [0.25, 0.3) is 5.91 Å². The molecule has 0 spiro atoms. The second-order valence-corrected chi connectivity index (χ2v) is 5.22. The van der Waals surface area contributed by atoms with Gasteiger partial charge in [-0.15, -0.1) is 11.3 Å². The number of aryl methyl sites for hydroxylation is 1. The normalized spacial score (nSPS) is 10.2. The number of carbonyl (C=O) groups excluding carboxylic acids is 1. The third-order valence-corrected chi connectivity index (χ3v) is 3.29. The highest BCUT2D eigenvalue weighted by Gasteiger charge is 2.08. The molecule has 2 aromatic heterocycles. The third-order valence-electron chi connectivity index (χ3n) is 2.61. The van der Waals surface area contributed by atoms with Crippen molar-refractivity contribution in [3.05, 3.63) is 35.0 Å². The SMILES string of the molecule is Cc1ccc(NCCCNC(=O)c2csc(N)n2)nc1. The Morgan fingerprint density at radius 2 is 2.25 bits per heavy atom. The maximum absolute atomic E-state index is 11.7. The Morgan fingerprint density at radius 3 is 2.90 bits per heavy atom. The smallest absolute Gasteiger partial charge is 0.270 e. The van der Waals surface area contributed by atoms with Gasteiger partial charge in [0.05, 0.1) is 0 Å². The van der Waals surface area contributed by atoms with E-state index < -0.39 is 0 Å². The summed E-state index contributed by atoms with van der Waals surface area (Å²) in [5.74, 6) is 0.653. The van der Waals surface area contributed by atoms with Gasteiger partial charge in [-0.2, -0.15) is 0 Å². The van der Waals surface area contributed by atoms with E-state index >= 15 is 0 Å². The maximum atomic E-state index is 11.7. The summed E-state index contributed by atoms with van der Waals surface area (Å²) in [5, 5.41) is 8.05. The Bertz CT molecular complexity index is 566. The number of hydrogen-bond donors (Lipinski definition) is 3. The second-order valence-electron chi connectivity index (χ2n) is 4.33. The molecule has 7 heteroatoms. The Kier molecular flexibility index (Phi) is 4.89. The van der Waals surface area contributed by atoms with Crippen LogP contribution in [0.4, 0.5) is 10.9 Å². The Labute approximate surface area is 121 Å². The van der Waals surface area contributed by atoms with Gasteiger partial charge in [0.2, 0.25) is 0 Å². The standard InChI is InChI=1S/C13H17N5OS/c1-9-3-4-11(17-7-9)15-5-2-6-16-12(19)10-8-20-13(14)18-10/h3-4,7-8H,2,5-6H2,1H3,(H2,14,18)(H,15,17)(H,16,19). The van der Waals surface area contributed by atoms with E-state index in [1.165, 1.54) is 11.3 Å². The molecule has 4 N–H and O–H groups in total. The van der Waals surface area contributed by atoms with Crippen LogP contribution in [0.25, 0.3) is 0 Å². The molecule has 0 unspecified atom stereocenters. The van der Waals surface area contributed by atoms with Crippen LogP contribution in [-0.2, 0) is 0 Å². The molecule has 20 heavy (non-hydrogen) atoms. The first kappa shape index (κ1) is 14.3. The minimum Gasteiger partial charge on any atom is -0.375 e. The number of thiazole rings is 1. The van der Waals surface area contributed by atoms with Gasteiger partial charge in [-0.3, -0.25) is 4.79 Å². The van der Waals surface area contributed by atoms with E-state index in [9.17, 15) is 4.79 Å². The van der Waals surface area contributed by atoms with E-state index in [-0.39, 0.29) is 5.91 Å². The molecule has 0 aliphatic rings. The molecule has 106 valence electrons. The zero-order valence-electron chi connectivity index (χ0n) is 11.2. The molecule has 0 aromatic carbocycles. The highest BCUT2D eigenvalue weighted by Crippen LogP contribution is 2.10. The van der Waals surface area contributed by atoms with Crippen molar-refractivity contribution in [1.29, 1.82) is 0 Å². The van der Waals surface area contributed by atoms with Gasteiger partial charge < -0.3 is 16.4 Å². The van der Waals surface area contributed by atoms with Crippen molar-refractivity contribution in [2.75, 3.05) is 24.1 Å². The molecule has 0 aliphatic heterocycles. The summed E-state index contributed by atoms with van der Waals surface area (Å²) in [6.07, 6.45) is 2.62. The molecule has 0 radical (unpaired) electrons. The lowest BCUT2D eigenvalue weighted by molar-refractivity contribution is 0.0949. The van der Waals surface area contributed by atoms with E-state index in [4.69, 9.17) is 5.73 Å². The Balaban J connectivity index is 1.64. The molecule has 1 amide bonds. The van der Waals surface area contributed by atoms with Crippen molar-refractivity contribution >= 4 is 28.2 Å². The summed E-state index contributed by atoms with van der Waals surface area (Å²) in [7, 11) is 0. The number of pyridine rings is 1. The summed E-state index contributed by atoms with van der Waals surface area (Å²) < 4.78 is 0. The quantitative estimate of drug-likeness (QED) is 0.704. The number of nitrogens with zero attached hydrogens (tertiary/aromatic N) is 2. The second kappa shape index (κ2) is 6.85. The largest absolute Gasteiger partial charge is 0.375 e. The Morgan fingerprint density at radius 1 is 1.40 bits per heavy atom. The van der Waals surface area contributed by atoms with Crippen LogP contribution in [0, 0.1) is 6.92 Å². The molecule has 0 atom stereocenters. The summed E-state index contributed by atoms with van der Waals surface area (Å²) in [6, 6.07) is 3.94. The first-order valence-electron chi connectivity index (χ1n) is 6.31. The van der Waals surface area contributed by atoms with Crippen molar-refractivity contribution in [3.63, 3.8) is 0 Å². The molecule has 2 heterocycles. The third kappa shape index (κ3) is 4.20. The van der Waals surface area contributed by atoms with E-state index in [0.29, 0.717) is 17.4 Å². The lowest BCUT2D eigenvalue weighted by atomic mass is 10.3. The predicted octanol–water partition coefficient (Wildman–Crippen LogP) is 1.66. The summed E-state index contributed by atoms with van der Waals surface area (Å²) in [6.45, 7) is 3.32. The Hall–Kier alpha value is -2.15. The fourth-order valence-electron chi connectivity index (χ4n) is 1.56. The van der Waals surface area contributed by atoms with Crippen molar-refractivity contribution in [3.8, 4) is 0 Å².